The molecule has 0 fully saturated rings. The third kappa shape index (κ3) is 5.07. The van der Waals surface area contributed by atoms with Crippen molar-refractivity contribution in [2.45, 2.75) is 20.5 Å². The van der Waals surface area contributed by atoms with E-state index in [-0.39, 0.29) is 13.2 Å². The summed E-state index contributed by atoms with van der Waals surface area (Å²) in [7, 11) is -2.39. The van der Waals surface area contributed by atoms with Crippen LogP contribution < -0.4 is 0 Å². The number of benzene rings is 2. The Hall–Kier alpha value is -1.87. The Morgan fingerprint density at radius 2 is 1.61 bits per heavy atom. The molecule has 120 valence electrons. The summed E-state index contributed by atoms with van der Waals surface area (Å²) in [4.78, 5) is 12.2. The number of ether oxygens (including phenoxy) is 1. The lowest BCUT2D eigenvalue weighted by molar-refractivity contribution is 0.0883. The summed E-state index contributed by atoms with van der Waals surface area (Å²) in [5.74, 6) is 0. The number of hydrogen-bond donors (Lipinski definition) is 0. The fourth-order valence-corrected chi connectivity index (χ4v) is 3.14. The number of hydrogen-bond acceptors (Lipinski definition) is 4. The van der Waals surface area contributed by atoms with Crippen LogP contribution in [-0.4, -0.2) is 18.7 Å². The Morgan fingerprint density at radius 1 is 0.957 bits per heavy atom. The maximum atomic E-state index is 12.2. The first-order valence-corrected chi connectivity index (χ1v) is 8.59. The lowest BCUT2D eigenvalue weighted by Gasteiger charge is -2.03. The van der Waals surface area contributed by atoms with Crippen molar-refractivity contribution in [1.29, 1.82) is 0 Å². The summed E-state index contributed by atoms with van der Waals surface area (Å²) < 4.78 is 22.6. The lowest BCUT2D eigenvalue weighted by atomic mass is 10.0. The topological polar surface area (TPSA) is 52.6 Å². The Morgan fingerprint density at radius 3 is 2.26 bits per heavy atom. The van der Waals surface area contributed by atoms with E-state index in [0.717, 1.165) is 16.7 Å². The minimum absolute atomic E-state index is 0.124. The fourth-order valence-electron chi connectivity index (χ4n) is 2.25. The van der Waals surface area contributed by atoms with Crippen molar-refractivity contribution in [3.05, 3.63) is 70.8 Å². The first-order chi connectivity index (χ1) is 11.1. The highest BCUT2D eigenvalue weighted by Gasteiger charge is 2.34. The maximum Gasteiger partial charge on any atom is 0.593 e. The van der Waals surface area contributed by atoms with Gasteiger partial charge in [-0.15, -0.1) is 4.52 Å². The number of rotatable bonds is 8. The molecule has 0 aliphatic rings. The molecule has 0 heterocycles. The second-order valence-electron chi connectivity index (χ2n) is 5.20. The average Bonchev–Trinajstić information content (AvgIpc) is 2.55. The van der Waals surface area contributed by atoms with Crippen molar-refractivity contribution < 1.29 is 18.6 Å². The Labute approximate surface area is 137 Å². The molecular formula is C18H20O4P+. The average molecular weight is 331 g/mol. The van der Waals surface area contributed by atoms with Crippen LogP contribution in [0.1, 0.15) is 27.0 Å². The minimum Gasteiger partial charge on any atom is -0.374 e. The van der Waals surface area contributed by atoms with E-state index in [1.165, 1.54) is 0 Å². The predicted molar refractivity (Wildman–Crippen MR) is 89.9 cm³/mol. The summed E-state index contributed by atoms with van der Waals surface area (Å²) >= 11 is 0. The molecule has 0 bridgehead atoms. The smallest absolute Gasteiger partial charge is 0.374 e. The monoisotopic (exact) mass is 331 g/mol. The van der Waals surface area contributed by atoms with Crippen molar-refractivity contribution in [2.24, 2.45) is 0 Å². The first-order valence-electron chi connectivity index (χ1n) is 7.42. The Kier molecular flexibility index (Phi) is 6.60. The van der Waals surface area contributed by atoms with Gasteiger partial charge in [-0.1, -0.05) is 48.5 Å². The zero-order chi connectivity index (χ0) is 16.7. The van der Waals surface area contributed by atoms with Gasteiger partial charge in [-0.2, -0.15) is 0 Å². The van der Waals surface area contributed by atoms with E-state index in [0.29, 0.717) is 12.2 Å². The normalized spacial score (nSPS) is 11.3. The van der Waals surface area contributed by atoms with Crippen LogP contribution in [0.2, 0.25) is 0 Å². The van der Waals surface area contributed by atoms with Crippen molar-refractivity contribution in [3.63, 3.8) is 0 Å². The predicted octanol–water partition coefficient (Wildman–Crippen LogP) is 4.42. The Bertz CT molecular complexity index is 662. The van der Waals surface area contributed by atoms with Crippen LogP contribution in [0.4, 0.5) is 0 Å². The molecule has 23 heavy (non-hydrogen) atoms. The molecule has 2 aromatic carbocycles. The van der Waals surface area contributed by atoms with Gasteiger partial charge in [0.05, 0.1) is 18.8 Å². The van der Waals surface area contributed by atoms with E-state index in [1.807, 2.05) is 62.4 Å². The van der Waals surface area contributed by atoms with E-state index in [9.17, 15) is 9.36 Å². The molecule has 0 aliphatic carbocycles. The molecule has 0 radical (unpaired) electrons. The molecule has 1 atom stereocenters. The third-order valence-corrected chi connectivity index (χ3v) is 4.38. The minimum atomic E-state index is -2.39. The SMILES string of the molecule is Cc1cccc(C)c1C(=O)[P+](=O)OCCOCc1ccccc1. The molecule has 1 unspecified atom stereocenters. The molecule has 0 aliphatic heterocycles. The lowest BCUT2D eigenvalue weighted by Crippen LogP contribution is -2.05. The largest absolute Gasteiger partial charge is 0.593 e. The number of carbonyl (C=O) groups is 1. The van der Waals surface area contributed by atoms with E-state index in [1.54, 1.807) is 0 Å². The van der Waals surface area contributed by atoms with Gasteiger partial charge >= 0.3 is 13.6 Å². The summed E-state index contributed by atoms with van der Waals surface area (Å²) in [5, 5.41) is 0. The van der Waals surface area contributed by atoms with Crippen molar-refractivity contribution in [3.8, 4) is 0 Å². The highest BCUT2D eigenvalue weighted by Crippen LogP contribution is 2.31. The molecule has 0 saturated heterocycles. The molecule has 2 aromatic rings. The zero-order valence-electron chi connectivity index (χ0n) is 13.3. The Balaban J connectivity index is 1.77. The second-order valence-corrected chi connectivity index (χ2v) is 6.38. The molecule has 0 amide bonds. The molecule has 2 rings (SSSR count). The van der Waals surface area contributed by atoms with Gasteiger partial charge in [-0.3, -0.25) is 0 Å². The van der Waals surface area contributed by atoms with Gasteiger partial charge in [-0.25, -0.2) is 4.79 Å². The van der Waals surface area contributed by atoms with Crippen LogP contribution in [0.5, 0.6) is 0 Å². The molecule has 0 aromatic heterocycles. The van der Waals surface area contributed by atoms with Gasteiger partial charge in [-0.05, 0) is 35.1 Å². The second kappa shape index (κ2) is 8.68. The summed E-state index contributed by atoms with van der Waals surface area (Å²) in [6.07, 6.45) is 0. The van der Waals surface area contributed by atoms with Crippen molar-refractivity contribution >= 4 is 13.6 Å². The molecule has 0 N–H and O–H groups in total. The quantitative estimate of drug-likeness (QED) is 0.531. The summed E-state index contributed by atoms with van der Waals surface area (Å²) in [5.41, 5.74) is 2.70. The molecule has 0 spiro atoms. The number of aryl methyl sites for hydroxylation is 2. The third-order valence-electron chi connectivity index (χ3n) is 3.41. The van der Waals surface area contributed by atoms with Gasteiger partial charge in [0.2, 0.25) is 0 Å². The van der Waals surface area contributed by atoms with Gasteiger partial charge in [0.15, 0.2) is 0 Å². The van der Waals surface area contributed by atoms with Gasteiger partial charge in [0, 0.05) is 0 Å². The zero-order valence-corrected chi connectivity index (χ0v) is 14.2. The van der Waals surface area contributed by atoms with Gasteiger partial charge in [0.1, 0.15) is 6.61 Å². The summed E-state index contributed by atoms with van der Waals surface area (Å²) in [6, 6.07) is 15.3. The number of carbonyl (C=O) groups excluding carboxylic acids is 1. The van der Waals surface area contributed by atoms with E-state index >= 15 is 0 Å². The molecule has 4 nitrogen and oxygen atoms in total. The first kappa shape index (κ1) is 17.5. The maximum absolute atomic E-state index is 12.2. The van der Waals surface area contributed by atoms with Crippen LogP contribution in [0, 0.1) is 13.8 Å². The molecule has 0 saturated carbocycles. The van der Waals surface area contributed by atoms with E-state index in [2.05, 4.69) is 0 Å². The van der Waals surface area contributed by atoms with Crippen LogP contribution in [-0.2, 0) is 20.4 Å². The highest BCUT2D eigenvalue weighted by molar-refractivity contribution is 7.60. The van der Waals surface area contributed by atoms with Crippen LogP contribution in [0.3, 0.4) is 0 Å². The highest BCUT2D eigenvalue weighted by atomic mass is 31.1. The van der Waals surface area contributed by atoms with Crippen molar-refractivity contribution in [1.82, 2.24) is 0 Å². The molecular weight excluding hydrogens is 311 g/mol. The van der Waals surface area contributed by atoms with Crippen LogP contribution in [0.25, 0.3) is 0 Å². The van der Waals surface area contributed by atoms with Crippen LogP contribution >= 0.6 is 8.03 Å². The summed E-state index contributed by atoms with van der Waals surface area (Å²) in [6.45, 7) is 4.53. The van der Waals surface area contributed by atoms with E-state index < -0.39 is 13.6 Å². The van der Waals surface area contributed by atoms with Crippen molar-refractivity contribution in [2.75, 3.05) is 13.2 Å². The standard InChI is InChI=1S/C18H20O4P/c1-14-7-6-8-15(2)17(14)18(19)23(20)22-12-11-21-13-16-9-4-3-5-10-16/h3-10H,11-13H2,1-2H3/q+1. The van der Waals surface area contributed by atoms with E-state index in [4.69, 9.17) is 9.26 Å². The van der Waals surface area contributed by atoms with Gasteiger partial charge in [0.25, 0.3) is 0 Å². The van der Waals surface area contributed by atoms with Crippen LogP contribution in [0.15, 0.2) is 48.5 Å². The molecule has 5 heteroatoms. The fraction of sp³-hybridized carbons (Fsp3) is 0.278. The van der Waals surface area contributed by atoms with Gasteiger partial charge < -0.3 is 4.74 Å².